The molecule has 0 bridgehead atoms. The average Bonchev–Trinajstić information content (AvgIpc) is 3.10. The minimum Gasteiger partial charge on any atom is -0.0651 e. The van der Waals surface area contributed by atoms with Crippen LogP contribution in [0.1, 0.15) is 88.0 Å². The average molecular weight is 295 g/mol. The van der Waals surface area contributed by atoms with Gasteiger partial charge in [-0.15, -0.1) is 0 Å². The van der Waals surface area contributed by atoms with E-state index in [0.29, 0.717) is 5.41 Å². The van der Waals surface area contributed by atoms with E-state index in [9.17, 15) is 0 Å². The fourth-order valence-corrected chi connectivity index (χ4v) is 5.22. The molecular formula is C21H42. The molecule has 0 heteroatoms. The summed E-state index contributed by atoms with van der Waals surface area (Å²) in [4.78, 5) is 0. The molecule has 0 heterocycles. The van der Waals surface area contributed by atoms with Crippen molar-refractivity contribution in [1.29, 1.82) is 0 Å². The van der Waals surface area contributed by atoms with Gasteiger partial charge >= 0.3 is 0 Å². The topological polar surface area (TPSA) is 0 Å². The zero-order valence-electron chi connectivity index (χ0n) is 16.4. The molecular weight excluding hydrogens is 252 g/mol. The second-order valence-corrected chi connectivity index (χ2v) is 8.78. The van der Waals surface area contributed by atoms with Crippen molar-refractivity contribution in [3.8, 4) is 0 Å². The molecule has 0 aromatic heterocycles. The summed E-state index contributed by atoms with van der Waals surface area (Å²) in [6.07, 6.45) is 5.54. The molecule has 1 fully saturated rings. The Kier molecular flexibility index (Phi) is 6.81. The van der Waals surface area contributed by atoms with Crippen LogP contribution < -0.4 is 0 Å². The molecule has 0 amide bonds. The van der Waals surface area contributed by atoms with Gasteiger partial charge in [-0.25, -0.2) is 0 Å². The molecule has 0 aliphatic heterocycles. The van der Waals surface area contributed by atoms with Crippen molar-refractivity contribution in [2.75, 3.05) is 0 Å². The molecule has 0 aromatic carbocycles. The van der Waals surface area contributed by atoms with Crippen LogP contribution in [0.4, 0.5) is 0 Å². The molecule has 0 aromatic rings. The highest BCUT2D eigenvalue weighted by Gasteiger charge is 2.59. The lowest BCUT2D eigenvalue weighted by atomic mass is 9.69. The summed E-state index contributed by atoms with van der Waals surface area (Å²) in [5.74, 6) is 6.29. The standard InChI is InChI=1S/C21H42/c1-10-15(6)20(16(7)11-2)19-13-21(19,9)18(12-3)17(8)14(4)5/h14-20H,10-13H2,1-9H3. The fourth-order valence-electron chi connectivity index (χ4n) is 5.22. The second-order valence-electron chi connectivity index (χ2n) is 8.78. The second kappa shape index (κ2) is 7.51. The van der Waals surface area contributed by atoms with Gasteiger partial charge in [0.1, 0.15) is 0 Å². The van der Waals surface area contributed by atoms with E-state index in [1.54, 1.807) is 0 Å². The van der Waals surface area contributed by atoms with Crippen molar-refractivity contribution >= 4 is 0 Å². The van der Waals surface area contributed by atoms with E-state index in [-0.39, 0.29) is 0 Å². The van der Waals surface area contributed by atoms with Crippen molar-refractivity contribution in [2.45, 2.75) is 88.0 Å². The SMILES string of the molecule is CCC(C)C(C(C)CC)C1CC1(C)C(CC)C(C)C(C)C. The van der Waals surface area contributed by atoms with Gasteiger partial charge < -0.3 is 0 Å². The predicted molar refractivity (Wildman–Crippen MR) is 96.4 cm³/mol. The monoisotopic (exact) mass is 294 g/mol. The Balaban J connectivity index is 2.91. The zero-order valence-corrected chi connectivity index (χ0v) is 16.4. The highest BCUT2D eigenvalue weighted by molar-refractivity contribution is 5.07. The number of hydrogen-bond acceptors (Lipinski definition) is 0. The van der Waals surface area contributed by atoms with Gasteiger partial charge in [-0.1, -0.05) is 81.6 Å². The predicted octanol–water partition coefficient (Wildman–Crippen LogP) is 7.04. The first-order valence-electron chi connectivity index (χ1n) is 9.74. The summed E-state index contributed by atoms with van der Waals surface area (Å²) in [5, 5.41) is 0. The lowest BCUT2D eigenvalue weighted by Crippen LogP contribution is -2.30. The lowest BCUT2D eigenvalue weighted by molar-refractivity contribution is 0.121. The minimum atomic E-state index is 0.621. The molecule has 1 aliphatic carbocycles. The fraction of sp³-hybridized carbons (Fsp3) is 1.00. The summed E-state index contributed by atoms with van der Waals surface area (Å²) in [5.41, 5.74) is 0.621. The van der Waals surface area contributed by atoms with Gasteiger partial charge in [-0.2, -0.15) is 0 Å². The summed E-state index contributed by atoms with van der Waals surface area (Å²) >= 11 is 0. The molecule has 1 aliphatic rings. The van der Waals surface area contributed by atoms with Gasteiger partial charge in [0, 0.05) is 0 Å². The Bertz CT molecular complexity index is 295. The molecule has 1 rings (SSSR count). The third kappa shape index (κ3) is 3.85. The van der Waals surface area contributed by atoms with Gasteiger partial charge in [-0.05, 0) is 53.3 Å². The Morgan fingerprint density at radius 2 is 1.33 bits per heavy atom. The molecule has 0 nitrogen and oxygen atoms in total. The summed E-state index contributed by atoms with van der Waals surface area (Å²) in [6.45, 7) is 22.1. The zero-order chi connectivity index (χ0) is 16.4. The van der Waals surface area contributed by atoms with Crippen LogP contribution in [-0.4, -0.2) is 0 Å². The third-order valence-electron chi connectivity index (χ3n) is 7.39. The first-order valence-corrected chi connectivity index (χ1v) is 9.74. The van der Waals surface area contributed by atoms with Crippen LogP contribution in [0.15, 0.2) is 0 Å². The molecule has 21 heavy (non-hydrogen) atoms. The largest absolute Gasteiger partial charge is 0.0651 e. The first-order chi connectivity index (χ1) is 9.74. The van der Waals surface area contributed by atoms with E-state index < -0.39 is 0 Å². The van der Waals surface area contributed by atoms with E-state index >= 15 is 0 Å². The molecule has 0 spiro atoms. The van der Waals surface area contributed by atoms with Crippen LogP contribution in [0.5, 0.6) is 0 Å². The number of rotatable bonds is 9. The summed E-state index contributed by atoms with van der Waals surface area (Å²) < 4.78 is 0. The van der Waals surface area contributed by atoms with E-state index in [1.165, 1.54) is 25.7 Å². The summed E-state index contributed by atoms with van der Waals surface area (Å²) in [6, 6.07) is 0. The van der Waals surface area contributed by atoms with Gasteiger partial charge in [0.05, 0.1) is 0 Å². The van der Waals surface area contributed by atoms with Crippen molar-refractivity contribution in [3.63, 3.8) is 0 Å². The van der Waals surface area contributed by atoms with Gasteiger partial charge in [0.15, 0.2) is 0 Å². The molecule has 0 N–H and O–H groups in total. The van der Waals surface area contributed by atoms with Crippen molar-refractivity contribution < 1.29 is 0 Å². The van der Waals surface area contributed by atoms with Crippen LogP contribution >= 0.6 is 0 Å². The normalized spacial score (nSPS) is 32.6. The Labute approximate surface area is 135 Å². The van der Waals surface area contributed by atoms with E-state index in [1.807, 2.05) is 0 Å². The highest BCUT2D eigenvalue weighted by Crippen LogP contribution is 2.66. The molecule has 0 radical (unpaired) electrons. The van der Waals surface area contributed by atoms with E-state index in [4.69, 9.17) is 0 Å². The van der Waals surface area contributed by atoms with Gasteiger partial charge in [0.25, 0.3) is 0 Å². The van der Waals surface area contributed by atoms with Crippen LogP contribution in [-0.2, 0) is 0 Å². The molecule has 1 saturated carbocycles. The van der Waals surface area contributed by atoms with Gasteiger partial charge in [0.2, 0.25) is 0 Å². The first kappa shape index (κ1) is 19.0. The third-order valence-corrected chi connectivity index (χ3v) is 7.39. The Morgan fingerprint density at radius 3 is 1.67 bits per heavy atom. The van der Waals surface area contributed by atoms with E-state index in [0.717, 1.165) is 41.4 Å². The maximum atomic E-state index is 2.61. The van der Waals surface area contributed by atoms with Gasteiger partial charge in [-0.3, -0.25) is 0 Å². The Hall–Kier alpha value is 0. The molecule has 6 atom stereocenters. The van der Waals surface area contributed by atoms with E-state index in [2.05, 4.69) is 62.3 Å². The Morgan fingerprint density at radius 1 is 0.857 bits per heavy atom. The smallest absolute Gasteiger partial charge is 0.0261 e. The maximum absolute atomic E-state index is 2.61. The molecule has 0 saturated heterocycles. The summed E-state index contributed by atoms with van der Waals surface area (Å²) in [7, 11) is 0. The highest BCUT2D eigenvalue weighted by atomic mass is 14.6. The van der Waals surface area contributed by atoms with Crippen molar-refractivity contribution in [2.24, 2.45) is 46.8 Å². The lowest BCUT2D eigenvalue weighted by Gasteiger charge is -2.36. The number of hydrogen-bond donors (Lipinski definition) is 0. The van der Waals surface area contributed by atoms with Crippen molar-refractivity contribution in [3.05, 3.63) is 0 Å². The van der Waals surface area contributed by atoms with Crippen LogP contribution in [0, 0.1) is 46.8 Å². The molecule has 6 unspecified atom stereocenters. The quantitative estimate of drug-likeness (QED) is 0.428. The van der Waals surface area contributed by atoms with Crippen LogP contribution in [0.2, 0.25) is 0 Å². The minimum absolute atomic E-state index is 0.621. The van der Waals surface area contributed by atoms with Crippen LogP contribution in [0.25, 0.3) is 0 Å². The maximum Gasteiger partial charge on any atom is -0.0261 e. The molecule has 126 valence electrons. The van der Waals surface area contributed by atoms with Crippen LogP contribution in [0.3, 0.4) is 0 Å². The van der Waals surface area contributed by atoms with Crippen molar-refractivity contribution in [1.82, 2.24) is 0 Å².